The van der Waals surface area contributed by atoms with E-state index >= 15 is 0 Å². The zero-order valence-corrected chi connectivity index (χ0v) is 25.8. The lowest BCUT2D eigenvalue weighted by atomic mass is 9.85. The molecule has 0 saturated carbocycles. The van der Waals surface area contributed by atoms with Crippen molar-refractivity contribution in [3.8, 4) is 23.0 Å². The third-order valence-electron chi connectivity index (χ3n) is 6.86. The third kappa shape index (κ3) is 6.23. The Kier molecular flexibility index (Phi) is 9.32. The molecule has 0 amide bonds. The normalized spacial score (nSPS) is 23.3. The van der Waals surface area contributed by atoms with E-state index in [1.54, 1.807) is 28.1 Å². The average molecular weight is 513 g/mol. The Hall–Kier alpha value is -2.00. The summed E-state index contributed by atoms with van der Waals surface area (Å²) < 4.78 is 29.5. The van der Waals surface area contributed by atoms with Crippen molar-refractivity contribution >= 4 is 41.9 Å². The molecule has 186 valence electrons. The molecule has 0 N–H and O–H groups in total. The van der Waals surface area contributed by atoms with Crippen molar-refractivity contribution < 1.29 is 33.3 Å². The van der Waals surface area contributed by atoms with Gasteiger partial charge in [-0.25, -0.2) is 0 Å². The maximum Gasteiger partial charge on any atom is 0.325 e. The van der Waals surface area contributed by atoms with E-state index < -0.39 is 12.2 Å². The summed E-state index contributed by atoms with van der Waals surface area (Å²) in [6.45, 7) is 7.87. The maximum atomic E-state index is 11.7. The number of hydrogen-bond acceptors (Lipinski definition) is 7. The van der Waals surface area contributed by atoms with Crippen molar-refractivity contribution in [2.75, 3.05) is 14.2 Å². The van der Waals surface area contributed by atoms with Gasteiger partial charge in [0.05, 0.1) is 35.7 Å². The Morgan fingerprint density at radius 1 is 0.743 bits per heavy atom. The van der Waals surface area contributed by atoms with Gasteiger partial charge in [-0.05, 0) is 61.1 Å². The summed E-state index contributed by atoms with van der Waals surface area (Å²) in [6, 6.07) is 11.5. The smallest absolute Gasteiger partial charge is 0.325 e. The highest BCUT2D eigenvalue weighted by molar-refractivity contribution is 6.59. The van der Waals surface area contributed by atoms with Crippen LogP contribution in [0.2, 0.25) is 0 Å². The van der Waals surface area contributed by atoms with E-state index in [1.165, 1.54) is 0 Å². The van der Waals surface area contributed by atoms with Crippen molar-refractivity contribution in [2.24, 2.45) is 11.8 Å². The van der Waals surface area contributed by atoms with Crippen molar-refractivity contribution in [1.82, 2.24) is 0 Å². The van der Waals surface area contributed by atoms with Gasteiger partial charge in [0.25, 0.3) is 0 Å². The molecule has 9 heteroatoms. The molecule has 1 aliphatic heterocycles. The van der Waals surface area contributed by atoms with Crippen LogP contribution in [-0.4, -0.2) is 68.3 Å². The Bertz CT molecular complexity index is 990. The molecule has 1 saturated heterocycles. The number of benzene rings is 2. The van der Waals surface area contributed by atoms with Gasteiger partial charge in [-0.2, -0.15) is 0 Å². The van der Waals surface area contributed by atoms with Crippen LogP contribution in [0.15, 0.2) is 36.4 Å². The van der Waals surface area contributed by atoms with Gasteiger partial charge in [0, 0.05) is 0 Å². The SMILES string of the molecule is COc1cc(C2OC(c3ccc(O[C@H](C)[C](=O)[AlH2])c(OC)c3)[C@H](C)[C@H]2C)ccc1OC(C)[C](=O)[AlH2]. The predicted molar refractivity (Wildman–Crippen MR) is 138 cm³/mol. The highest BCUT2D eigenvalue weighted by Crippen LogP contribution is 2.50. The van der Waals surface area contributed by atoms with Gasteiger partial charge < -0.3 is 33.3 Å². The number of carbonyl (C=O) groups is 2. The minimum Gasteiger partial charge on any atom is -0.493 e. The van der Waals surface area contributed by atoms with E-state index in [0.29, 0.717) is 55.6 Å². The molecule has 3 rings (SSSR count). The largest absolute Gasteiger partial charge is 0.493 e. The molecule has 35 heavy (non-hydrogen) atoms. The number of methoxy groups -OCH3 is 2. The first-order valence-corrected chi connectivity index (χ1v) is 13.9. The van der Waals surface area contributed by atoms with Crippen LogP contribution >= 0.6 is 0 Å². The van der Waals surface area contributed by atoms with Crippen LogP contribution in [0, 0.1) is 11.8 Å². The van der Waals surface area contributed by atoms with E-state index in [1.807, 2.05) is 36.4 Å². The second-order valence-electron chi connectivity index (χ2n) is 9.26. The highest BCUT2D eigenvalue weighted by Gasteiger charge is 2.41. The minimum absolute atomic E-state index is 0.0880. The molecule has 0 spiro atoms. The molecule has 7 nitrogen and oxygen atoms in total. The number of ether oxygens (including phenoxy) is 5. The molecule has 3 unspecified atom stereocenters. The Labute approximate surface area is 223 Å². The summed E-state index contributed by atoms with van der Waals surface area (Å²) >= 11 is 0.878. The van der Waals surface area contributed by atoms with Crippen LogP contribution in [0.3, 0.4) is 0 Å². The van der Waals surface area contributed by atoms with E-state index in [-0.39, 0.29) is 33.3 Å². The summed E-state index contributed by atoms with van der Waals surface area (Å²) in [6.07, 6.45) is -1.26. The van der Waals surface area contributed by atoms with Crippen LogP contribution in [0.4, 0.5) is 0 Å². The quantitative estimate of drug-likeness (QED) is 0.453. The summed E-state index contributed by atoms with van der Waals surface area (Å²) in [5, 5.41) is 0. The number of hydrogen-bond donors (Lipinski definition) is 0. The van der Waals surface area contributed by atoms with E-state index in [4.69, 9.17) is 23.7 Å². The monoisotopic (exact) mass is 512 g/mol. The number of rotatable bonds is 10. The Morgan fingerprint density at radius 2 is 1.11 bits per heavy atom. The van der Waals surface area contributed by atoms with E-state index in [0.717, 1.165) is 11.1 Å². The Balaban J connectivity index is 1.84. The van der Waals surface area contributed by atoms with Crippen LogP contribution in [0.5, 0.6) is 23.0 Å². The molecule has 6 atom stereocenters. The van der Waals surface area contributed by atoms with E-state index in [9.17, 15) is 9.59 Å². The van der Waals surface area contributed by atoms with Gasteiger partial charge in [0.1, 0.15) is 12.2 Å². The molecular formula is C26H34Al2O7. The number of carbonyl (C=O) groups excluding carboxylic acids is 2. The van der Waals surface area contributed by atoms with Crippen molar-refractivity contribution in [1.29, 1.82) is 0 Å². The molecule has 0 bridgehead atoms. The zero-order valence-electron chi connectivity index (χ0n) is 21.8. The predicted octanol–water partition coefficient (Wildman–Crippen LogP) is 2.64. The molecule has 2 aromatic rings. The molecular weight excluding hydrogens is 478 g/mol. The summed E-state index contributed by atoms with van der Waals surface area (Å²) in [5.74, 6) is 2.73. The van der Waals surface area contributed by atoms with Gasteiger partial charge >= 0.3 is 32.6 Å². The van der Waals surface area contributed by atoms with Crippen molar-refractivity contribution in [3.05, 3.63) is 47.5 Å². The molecule has 1 fully saturated rings. The van der Waals surface area contributed by atoms with Crippen LogP contribution in [0.25, 0.3) is 0 Å². The van der Waals surface area contributed by atoms with Gasteiger partial charge in [0.2, 0.25) is 0 Å². The third-order valence-corrected chi connectivity index (χ3v) is 8.49. The standard InChI is InChI=1S/C26H30O7.2Al.4H/c1-15(13-27)31-21-9-7-19(11-23(21)29-5)25-17(3)18(4)26(33-25)20-8-10-22(24(12-20)30-6)32-16(2)14-28;;;;;;/h7-12,15-18,25-26H,1-6H3;;;;;;/t15-,16?,17-,18-,25?,26?;;;;;;/m1....../s1. The summed E-state index contributed by atoms with van der Waals surface area (Å²) in [5.41, 5.74) is 1.99. The fraction of sp³-hybridized carbons (Fsp3) is 0.462. The second-order valence-corrected chi connectivity index (χ2v) is 11.2. The fourth-order valence-corrected chi connectivity index (χ4v) is 4.42. The van der Waals surface area contributed by atoms with Crippen LogP contribution in [-0.2, 0) is 14.3 Å². The molecule has 0 aromatic heterocycles. The maximum absolute atomic E-state index is 11.7. The molecule has 0 aliphatic carbocycles. The fourth-order valence-electron chi connectivity index (χ4n) is 4.19. The minimum atomic E-state index is -0.491. The first kappa shape index (κ1) is 27.6. The lowest BCUT2D eigenvalue weighted by Crippen LogP contribution is -2.23. The lowest BCUT2D eigenvalue weighted by Gasteiger charge is -2.20. The van der Waals surface area contributed by atoms with Crippen LogP contribution in [0.1, 0.15) is 51.0 Å². The molecule has 1 aliphatic rings. The average Bonchev–Trinajstić information content (AvgIpc) is 3.13. The van der Waals surface area contributed by atoms with Crippen LogP contribution < -0.4 is 18.9 Å². The first-order valence-electron chi connectivity index (χ1n) is 11.9. The zero-order chi connectivity index (χ0) is 25.9. The molecule has 2 aromatic carbocycles. The summed E-state index contributed by atoms with van der Waals surface area (Å²) in [7, 11) is 3.18. The van der Waals surface area contributed by atoms with Crippen molar-refractivity contribution in [3.63, 3.8) is 0 Å². The van der Waals surface area contributed by atoms with Crippen molar-refractivity contribution in [2.45, 2.75) is 52.1 Å². The highest BCUT2D eigenvalue weighted by atomic mass is 27.1. The Morgan fingerprint density at radius 3 is 1.43 bits per heavy atom. The second kappa shape index (κ2) is 11.8. The summed E-state index contributed by atoms with van der Waals surface area (Å²) in [4.78, 5) is 23.3. The van der Waals surface area contributed by atoms with Gasteiger partial charge in [-0.15, -0.1) is 0 Å². The van der Waals surface area contributed by atoms with Gasteiger partial charge in [-0.1, -0.05) is 26.0 Å². The molecule has 1 heterocycles. The lowest BCUT2D eigenvalue weighted by molar-refractivity contribution is -0.117. The molecule has 0 radical (unpaired) electrons. The van der Waals surface area contributed by atoms with Gasteiger partial charge in [0.15, 0.2) is 23.0 Å². The first-order chi connectivity index (χ1) is 16.6. The van der Waals surface area contributed by atoms with E-state index in [2.05, 4.69) is 13.8 Å². The topological polar surface area (TPSA) is 80.3 Å². The van der Waals surface area contributed by atoms with Gasteiger partial charge in [-0.3, -0.25) is 0 Å².